The Balaban J connectivity index is 1.55. The Kier molecular flexibility index (Phi) is 6.12. The molecule has 4 rings (SSSR count). The van der Waals surface area contributed by atoms with E-state index in [-0.39, 0.29) is 36.3 Å². The van der Waals surface area contributed by atoms with Crippen LogP contribution in [0.15, 0.2) is 64.9 Å². The molecule has 0 aliphatic carbocycles. The highest BCUT2D eigenvalue weighted by atomic mass is 35.5. The Labute approximate surface area is 190 Å². The molecule has 1 fully saturated rings. The zero-order valence-corrected chi connectivity index (χ0v) is 18.8. The van der Waals surface area contributed by atoms with Crippen molar-refractivity contribution in [2.45, 2.75) is 4.21 Å². The van der Waals surface area contributed by atoms with Crippen LogP contribution in [0.3, 0.4) is 0 Å². The first-order valence-corrected chi connectivity index (χ1v) is 12.2. The van der Waals surface area contributed by atoms with Crippen LogP contribution in [0.1, 0.15) is 15.9 Å². The van der Waals surface area contributed by atoms with Crippen molar-refractivity contribution in [3.05, 3.63) is 76.1 Å². The minimum absolute atomic E-state index is 0.181. The molecule has 3 aromatic rings. The minimum atomic E-state index is -3.62. The molecule has 31 heavy (non-hydrogen) atoms. The van der Waals surface area contributed by atoms with Gasteiger partial charge >= 0.3 is 0 Å². The fourth-order valence-electron chi connectivity index (χ4n) is 3.59. The zero-order chi connectivity index (χ0) is 22.0. The summed E-state index contributed by atoms with van der Waals surface area (Å²) in [6.45, 7) is 0.984. The van der Waals surface area contributed by atoms with Gasteiger partial charge in [0.25, 0.3) is 15.9 Å². The standard InChI is InChI=1S/C22H18ClN3O3S2/c23-20-9-10-21(30-20)31(28,29)26-13-11-25(12-14-26)22(27)19-8-4-3-7-18(19)17-6-2-1-5-16(17)15-24/h1-10H,11-14H2. The molecule has 2 aromatic carbocycles. The van der Waals surface area contributed by atoms with Gasteiger partial charge < -0.3 is 4.90 Å². The molecule has 0 N–H and O–H groups in total. The lowest BCUT2D eigenvalue weighted by Gasteiger charge is -2.34. The van der Waals surface area contributed by atoms with E-state index >= 15 is 0 Å². The molecular weight excluding hydrogens is 454 g/mol. The highest BCUT2D eigenvalue weighted by molar-refractivity contribution is 7.91. The molecule has 1 amide bonds. The molecule has 0 bridgehead atoms. The summed E-state index contributed by atoms with van der Waals surface area (Å²) in [7, 11) is -3.62. The second-order valence-electron chi connectivity index (χ2n) is 6.96. The molecule has 0 saturated carbocycles. The predicted molar refractivity (Wildman–Crippen MR) is 121 cm³/mol. The summed E-state index contributed by atoms with van der Waals surface area (Å²) in [6.07, 6.45) is 0. The van der Waals surface area contributed by atoms with Gasteiger partial charge in [-0.1, -0.05) is 48.0 Å². The number of halogens is 1. The van der Waals surface area contributed by atoms with Gasteiger partial charge in [0.05, 0.1) is 16.0 Å². The summed E-state index contributed by atoms with van der Waals surface area (Å²) in [4.78, 5) is 14.9. The van der Waals surface area contributed by atoms with Gasteiger partial charge in [0.15, 0.2) is 0 Å². The lowest BCUT2D eigenvalue weighted by molar-refractivity contribution is 0.0699. The van der Waals surface area contributed by atoms with E-state index < -0.39 is 10.0 Å². The van der Waals surface area contributed by atoms with Crippen LogP contribution in [0, 0.1) is 11.3 Å². The van der Waals surface area contributed by atoms with Gasteiger partial charge in [-0.15, -0.1) is 11.3 Å². The van der Waals surface area contributed by atoms with Gasteiger partial charge in [-0.3, -0.25) is 4.79 Å². The highest BCUT2D eigenvalue weighted by Gasteiger charge is 2.32. The van der Waals surface area contributed by atoms with E-state index in [1.54, 1.807) is 35.2 Å². The number of hydrogen-bond acceptors (Lipinski definition) is 5. The minimum Gasteiger partial charge on any atom is -0.336 e. The number of rotatable bonds is 4. The molecular formula is C22H18ClN3O3S2. The van der Waals surface area contributed by atoms with Crippen LogP contribution in [0.4, 0.5) is 0 Å². The third-order valence-electron chi connectivity index (χ3n) is 5.16. The summed E-state index contributed by atoms with van der Waals surface area (Å²) >= 11 is 6.91. The molecule has 0 unspecified atom stereocenters. The number of amides is 1. The Morgan fingerprint density at radius 1 is 0.935 bits per heavy atom. The summed E-state index contributed by atoms with van der Waals surface area (Å²) in [6, 6.07) is 19.6. The summed E-state index contributed by atoms with van der Waals surface area (Å²) in [5, 5.41) is 9.44. The zero-order valence-electron chi connectivity index (χ0n) is 16.4. The molecule has 0 atom stereocenters. The van der Waals surface area contributed by atoms with Crippen LogP contribution in [0.5, 0.6) is 0 Å². The SMILES string of the molecule is N#Cc1ccccc1-c1ccccc1C(=O)N1CCN(S(=O)(=O)c2ccc(Cl)s2)CC1. The molecule has 9 heteroatoms. The molecule has 0 spiro atoms. The molecule has 2 heterocycles. The maximum absolute atomic E-state index is 13.3. The molecule has 6 nitrogen and oxygen atoms in total. The van der Waals surface area contributed by atoms with E-state index in [1.165, 1.54) is 10.4 Å². The van der Waals surface area contributed by atoms with Crippen molar-refractivity contribution >= 4 is 38.9 Å². The fraction of sp³-hybridized carbons (Fsp3) is 0.182. The summed E-state index contributed by atoms with van der Waals surface area (Å²) in [5.41, 5.74) is 2.37. The summed E-state index contributed by atoms with van der Waals surface area (Å²) in [5.74, 6) is -0.181. The van der Waals surface area contributed by atoms with Crippen molar-refractivity contribution in [1.82, 2.24) is 9.21 Å². The first kappa shape index (κ1) is 21.5. The van der Waals surface area contributed by atoms with Gasteiger partial charge in [-0.2, -0.15) is 9.57 Å². The van der Waals surface area contributed by atoms with Gasteiger partial charge in [0.2, 0.25) is 0 Å². The van der Waals surface area contributed by atoms with Crippen LogP contribution in [0.25, 0.3) is 11.1 Å². The van der Waals surface area contributed by atoms with E-state index in [2.05, 4.69) is 6.07 Å². The number of piperazine rings is 1. The van der Waals surface area contributed by atoms with Crippen molar-refractivity contribution in [1.29, 1.82) is 5.26 Å². The number of benzene rings is 2. The van der Waals surface area contributed by atoms with E-state index in [1.807, 2.05) is 24.3 Å². The third kappa shape index (κ3) is 4.23. The molecule has 1 aliphatic heterocycles. The van der Waals surface area contributed by atoms with Crippen molar-refractivity contribution < 1.29 is 13.2 Å². The van der Waals surface area contributed by atoms with Crippen LogP contribution >= 0.6 is 22.9 Å². The molecule has 1 aliphatic rings. The Morgan fingerprint density at radius 2 is 1.58 bits per heavy atom. The first-order valence-electron chi connectivity index (χ1n) is 9.55. The van der Waals surface area contributed by atoms with Crippen molar-refractivity contribution in [3.8, 4) is 17.2 Å². The fourth-order valence-corrected chi connectivity index (χ4v) is 6.64. The van der Waals surface area contributed by atoms with Crippen molar-refractivity contribution in [2.75, 3.05) is 26.2 Å². The maximum atomic E-state index is 13.3. The number of hydrogen-bond donors (Lipinski definition) is 0. The third-order valence-corrected chi connectivity index (χ3v) is 8.76. The lowest BCUT2D eigenvalue weighted by Crippen LogP contribution is -2.50. The first-order chi connectivity index (χ1) is 14.9. The largest absolute Gasteiger partial charge is 0.336 e. The molecule has 0 radical (unpaired) electrons. The van der Waals surface area contributed by atoms with Crippen molar-refractivity contribution in [2.24, 2.45) is 0 Å². The second kappa shape index (κ2) is 8.81. The van der Waals surface area contributed by atoms with Gasteiger partial charge in [-0.05, 0) is 29.8 Å². The number of carbonyl (C=O) groups excluding carboxylic acids is 1. The number of thiophene rings is 1. The Hall–Kier alpha value is -2.70. The highest BCUT2D eigenvalue weighted by Crippen LogP contribution is 2.30. The van der Waals surface area contributed by atoms with Crippen LogP contribution in [0.2, 0.25) is 4.34 Å². The average Bonchev–Trinajstić information content (AvgIpc) is 3.26. The quantitative estimate of drug-likeness (QED) is 0.574. The van der Waals surface area contributed by atoms with Crippen LogP contribution < -0.4 is 0 Å². The smallest absolute Gasteiger partial charge is 0.254 e. The summed E-state index contributed by atoms with van der Waals surface area (Å²) < 4.78 is 27.6. The van der Waals surface area contributed by atoms with Gasteiger partial charge in [0, 0.05) is 37.3 Å². The number of sulfonamides is 1. The van der Waals surface area contributed by atoms with Crippen LogP contribution in [-0.2, 0) is 10.0 Å². The second-order valence-corrected chi connectivity index (χ2v) is 10.8. The predicted octanol–water partition coefficient (Wildman–Crippen LogP) is 4.09. The van der Waals surface area contributed by atoms with E-state index in [9.17, 15) is 18.5 Å². The van der Waals surface area contributed by atoms with Gasteiger partial charge in [-0.25, -0.2) is 8.42 Å². The Morgan fingerprint density at radius 3 is 2.23 bits per heavy atom. The van der Waals surface area contributed by atoms with E-state index in [4.69, 9.17) is 11.6 Å². The van der Waals surface area contributed by atoms with E-state index in [0.717, 1.165) is 11.3 Å². The van der Waals surface area contributed by atoms with E-state index in [0.29, 0.717) is 26.6 Å². The normalized spacial score (nSPS) is 14.9. The average molecular weight is 472 g/mol. The van der Waals surface area contributed by atoms with Crippen molar-refractivity contribution in [3.63, 3.8) is 0 Å². The monoisotopic (exact) mass is 471 g/mol. The number of nitriles is 1. The Bertz CT molecular complexity index is 1270. The van der Waals surface area contributed by atoms with Gasteiger partial charge in [0.1, 0.15) is 4.21 Å². The lowest BCUT2D eigenvalue weighted by atomic mass is 9.95. The maximum Gasteiger partial charge on any atom is 0.254 e. The van der Waals surface area contributed by atoms with Crippen LogP contribution in [-0.4, -0.2) is 49.7 Å². The number of nitrogens with zero attached hydrogens (tertiary/aromatic N) is 3. The number of carbonyl (C=O) groups is 1. The molecule has 1 saturated heterocycles. The molecule has 158 valence electrons. The molecule has 1 aromatic heterocycles. The topological polar surface area (TPSA) is 81.5 Å².